The maximum Gasteiger partial charge on any atom is 0.118 e. The molecule has 2 heteroatoms. The molecule has 0 unspecified atom stereocenters. The molecule has 0 aromatic heterocycles. The molecular formula is C21H24OSi. The van der Waals surface area contributed by atoms with Gasteiger partial charge >= 0.3 is 0 Å². The monoisotopic (exact) mass is 320 g/mol. The van der Waals surface area contributed by atoms with Crippen LogP contribution in [-0.2, 0) is 6.42 Å². The highest BCUT2D eigenvalue weighted by molar-refractivity contribution is 6.95. The second-order valence-corrected chi connectivity index (χ2v) is 11.1. The Morgan fingerprint density at radius 2 is 1.65 bits per heavy atom. The molecule has 23 heavy (non-hydrogen) atoms. The molecule has 0 amide bonds. The molecule has 0 spiro atoms. The smallest absolute Gasteiger partial charge is 0.118 e. The Balaban J connectivity index is 1.91. The summed E-state index contributed by atoms with van der Waals surface area (Å²) in [7, 11) is 0.0838. The first-order chi connectivity index (χ1) is 11.1. The Hall–Kier alpha value is -2.06. The molecule has 1 nitrogen and oxygen atoms in total. The van der Waals surface area contributed by atoms with Crippen molar-refractivity contribution in [3.8, 4) is 5.75 Å². The van der Waals surface area contributed by atoms with Crippen LogP contribution in [0.4, 0.5) is 0 Å². The van der Waals surface area contributed by atoms with Crippen molar-refractivity contribution in [1.82, 2.24) is 0 Å². The van der Waals surface area contributed by atoms with E-state index in [1.54, 1.807) is 12.3 Å². The van der Waals surface area contributed by atoms with Gasteiger partial charge in [0.25, 0.3) is 0 Å². The minimum Gasteiger partial charge on any atom is -0.497 e. The van der Waals surface area contributed by atoms with Crippen LogP contribution in [0, 0.1) is 0 Å². The molecule has 3 rings (SSSR count). The number of hydrogen-bond acceptors (Lipinski definition) is 1. The van der Waals surface area contributed by atoms with Crippen molar-refractivity contribution in [2.75, 3.05) is 7.11 Å². The van der Waals surface area contributed by atoms with Crippen molar-refractivity contribution >= 4 is 13.3 Å². The SMILES string of the molecule is COc1ccc([Si](C)(C)C2=C(Cc3ccccc3)C=CC2)cc1. The van der Waals surface area contributed by atoms with E-state index in [1.165, 1.54) is 16.3 Å². The normalized spacial score (nSPS) is 14.4. The van der Waals surface area contributed by atoms with Crippen LogP contribution in [0.2, 0.25) is 13.1 Å². The summed E-state index contributed by atoms with van der Waals surface area (Å²) in [6, 6.07) is 19.4. The van der Waals surface area contributed by atoms with Crippen LogP contribution in [0.25, 0.3) is 0 Å². The van der Waals surface area contributed by atoms with Gasteiger partial charge in [-0.2, -0.15) is 0 Å². The van der Waals surface area contributed by atoms with Crippen molar-refractivity contribution < 1.29 is 4.74 Å². The lowest BCUT2D eigenvalue weighted by Gasteiger charge is -2.27. The molecule has 2 aromatic carbocycles. The van der Waals surface area contributed by atoms with E-state index in [4.69, 9.17) is 4.74 Å². The van der Waals surface area contributed by atoms with Crippen molar-refractivity contribution in [3.05, 3.63) is 83.1 Å². The average molecular weight is 321 g/mol. The molecule has 0 atom stereocenters. The zero-order valence-electron chi connectivity index (χ0n) is 14.2. The summed E-state index contributed by atoms with van der Waals surface area (Å²) in [5.41, 5.74) is 2.91. The van der Waals surface area contributed by atoms with Crippen LogP contribution >= 0.6 is 0 Å². The Morgan fingerprint density at radius 3 is 2.30 bits per heavy atom. The van der Waals surface area contributed by atoms with Crippen LogP contribution in [0.5, 0.6) is 5.75 Å². The number of methoxy groups -OCH3 is 1. The number of benzene rings is 2. The van der Waals surface area contributed by atoms with Gasteiger partial charge in [-0.05, 0) is 36.1 Å². The lowest BCUT2D eigenvalue weighted by molar-refractivity contribution is 0.415. The first-order valence-corrected chi connectivity index (χ1v) is 11.2. The third-order valence-corrected chi connectivity index (χ3v) is 8.64. The molecule has 0 N–H and O–H groups in total. The summed E-state index contributed by atoms with van der Waals surface area (Å²) in [5.74, 6) is 0.932. The van der Waals surface area contributed by atoms with E-state index in [9.17, 15) is 0 Å². The molecule has 1 aliphatic carbocycles. The molecule has 1 aliphatic rings. The molecule has 0 aliphatic heterocycles. The largest absolute Gasteiger partial charge is 0.497 e. The Bertz CT molecular complexity index is 724. The van der Waals surface area contributed by atoms with Crippen LogP contribution < -0.4 is 9.92 Å². The maximum atomic E-state index is 5.30. The number of rotatable bonds is 5. The third kappa shape index (κ3) is 3.32. The van der Waals surface area contributed by atoms with Gasteiger partial charge in [-0.3, -0.25) is 0 Å². The lowest BCUT2D eigenvalue weighted by atomic mass is 10.1. The predicted molar refractivity (Wildman–Crippen MR) is 101 cm³/mol. The topological polar surface area (TPSA) is 9.23 Å². The summed E-state index contributed by atoms with van der Waals surface area (Å²) in [5, 5.41) is 3.13. The van der Waals surface area contributed by atoms with Crippen molar-refractivity contribution in [2.24, 2.45) is 0 Å². The van der Waals surface area contributed by atoms with E-state index in [0.717, 1.165) is 18.6 Å². The number of allylic oxidation sites excluding steroid dienone is 4. The van der Waals surface area contributed by atoms with Crippen molar-refractivity contribution in [1.29, 1.82) is 0 Å². The van der Waals surface area contributed by atoms with Gasteiger partial charge in [0, 0.05) is 0 Å². The van der Waals surface area contributed by atoms with Crippen LogP contribution in [0.15, 0.2) is 77.5 Å². The van der Waals surface area contributed by atoms with E-state index in [1.807, 2.05) is 0 Å². The van der Waals surface area contributed by atoms with E-state index in [0.29, 0.717) is 0 Å². The first kappa shape index (κ1) is 15.8. The van der Waals surface area contributed by atoms with Gasteiger partial charge in [-0.25, -0.2) is 0 Å². The molecule has 0 fully saturated rings. The molecular weight excluding hydrogens is 296 g/mol. The fraction of sp³-hybridized carbons (Fsp3) is 0.238. The molecule has 0 saturated heterocycles. The Morgan fingerprint density at radius 1 is 0.957 bits per heavy atom. The zero-order chi connectivity index (χ0) is 16.3. The van der Waals surface area contributed by atoms with E-state index in [-0.39, 0.29) is 0 Å². The Labute approximate surface area is 140 Å². The second kappa shape index (κ2) is 6.59. The summed E-state index contributed by atoms with van der Waals surface area (Å²) < 4.78 is 5.30. The summed E-state index contributed by atoms with van der Waals surface area (Å²) in [4.78, 5) is 0. The average Bonchev–Trinajstić information content (AvgIpc) is 3.05. The molecule has 0 radical (unpaired) electrons. The second-order valence-electron chi connectivity index (χ2n) is 6.63. The highest BCUT2D eigenvalue weighted by Gasteiger charge is 2.31. The van der Waals surface area contributed by atoms with Gasteiger partial charge in [0.2, 0.25) is 0 Å². The maximum absolute atomic E-state index is 5.30. The minimum absolute atomic E-state index is 0.932. The quantitative estimate of drug-likeness (QED) is 0.729. The van der Waals surface area contributed by atoms with E-state index in [2.05, 4.69) is 79.8 Å². The Kier molecular flexibility index (Phi) is 4.53. The number of ether oxygens (including phenoxy) is 1. The molecule has 2 aromatic rings. The highest BCUT2D eigenvalue weighted by Crippen LogP contribution is 2.30. The van der Waals surface area contributed by atoms with Crippen molar-refractivity contribution in [3.63, 3.8) is 0 Å². The standard InChI is InChI=1S/C21H24OSi/c1-22-19-12-14-20(15-13-19)23(2,3)21-11-7-10-18(21)16-17-8-5-4-6-9-17/h4-10,12-15H,11,16H2,1-3H3. The third-order valence-electron chi connectivity index (χ3n) is 4.83. The van der Waals surface area contributed by atoms with Gasteiger partial charge in [-0.1, -0.05) is 78.1 Å². The van der Waals surface area contributed by atoms with Gasteiger partial charge in [-0.15, -0.1) is 0 Å². The van der Waals surface area contributed by atoms with Gasteiger partial charge in [0.05, 0.1) is 7.11 Å². The fourth-order valence-electron chi connectivity index (χ4n) is 3.37. The fourth-order valence-corrected chi connectivity index (χ4v) is 6.32. The van der Waals surface area contributed by atoms with E-state index < -0.39 is 8.07 Å². The van der Waals surface area contributed by atoms with Crippen molar-refractivity contribution in [2.45, 2.75) is 25.9 Å². The molecule has 0 bridgehead atoms. The van der Waals surface area contributed by atoms with E-state index >= 15 is 0 Å². The van der Waals surface area contributed by atoms with Crippen LogP contribution in [0.1, 0.15) is 12.0 Å². The van der Waals surface area contributed by atoms with Gasteiger partial charge < -0.3 is 4.74 Å². The molecule has 118 valence electrons. The molecule has 0 heterocycles. The van der Waals surface area contributed by atoms with Crippen LogP contribution in [0.3, 0.4) is 0 Å². The van der Waals surface area contributed by atoms with Gasteiger partial charge in [0.15, 0.2) is 0 Å². The minimum atomic E-state index is -1.64. The summed E-state index contributed by atoms with van der Waals surface area (Å²) >= 11 is 0. The van der Waals surface area contributed by atoms with Crippen LogP contribution in [-0.4, -0.2) is 15.2 Å². The highest BCUT2D eigenvalue weighted by atomic mass is 28.3. The predicted octanol–water partition coefficient (Wildman–Crippen LogP) is 4.65. The van der Waals surface area contributed by atoms with Gasteiger partial charge in [0.1, 0.15) is 13.8 Å². The molecule has 0 saturated carbocycles. The summed E-state index contributed by atoms with van der Waals surface area (Å²) in [6.45, 7) is 4.92. The first-order valence-electron chi connectivity index (χ1n) is 8.19. The zero-order valence-corrected chi connectivity index (χ0v) is 15.2. The number of hydrogen-bond donors (Lipinski definition) is 0. The lowest BCUT2D eigenvalue weighted by Crippen LogP contribution is -2.44. The summed E-state index contributed by atoms with van der Waals surface area (Å²) in [6.07, 6.45) is 6.80.